The summed E-state index contributed by atoms with van der Waals surface area (Å²) in [6, 6.07) is 19.4. The van der Waals surface area contributed by atoms with E-state index in [1.165, 1.54) is 0 Å². The monoisotopic (exact) mass is 592 g/mol. The molecule has 5 rings (SSSR count). The second kappa shape index (κ2) is 13.2. The van der Waals surface area contributed by atoms with Gasteiger partial charge in [0.15, 0.2) is 0 Å². The highest BCUT2D eigenvalue weighted by Gasteiger charge is 2.23. The number of aliphatic hydroxyl groups is 1. The zero-order chi connectivity index (χ0) is 28.9. The normalized spacial score (nSPS) is 15.6. The molecule has 0 bridgehead atoms. The summed E-state index contributed by atoms with van der Waals surface area (Å²) in [5.41, 5.74) is 12.6. The molecule has 0 saturated carbocycles. The van der Waals surface area contributed by atoms with Gasteiger partial charge in [-0.25, -0.2) is 9.97 Å². The van der Waals surface area contributed by atoms with Crippen LogP contribution in [0.2, 0.25) is 10.0 Å². The maximum Gasteiger partial charge on any atom is 0.218 e. The number of nitrogens with one attached hydrogen (secondary N) is 1. The molecule has 2 aromatic heterocycles. The maximum atomic E-state index is 9.17. The summed E-state index contributed by atoms with van der Waals surface area (Å²) in [4.78, 5) is 9.54. The van der Waals surface area contributed by atoms with Gasteiger partial charge in [-0.1, -0.05) is 59.6 Å². The predicted molar refractivity (Wildman–Crippen MR) is 165 cm³/mol. The number of benzene rings is 2. The van der Waals surface area contributed by atoms with Crippen LogP contribution in [0.3, 0.4) is 0 Å². The number of aliphatic hydroxyl groups excluding tert-OH is 1. The van der Waals surface area contributed by atoms with Crippen LogP contribution in [0.5, 0.6) is 11.8 Å². The molecule has 0 spiro atoms. The van der Waals surface area contributed by atoms with Gasteiger partial charge in [-0.3, -0.25) is 0 Å². The van der Waals surface area contributed by atoms with Gasteiger partial charge in [-0.05, 0) is 56.5 Å². The number of nitrogens with zero attached hydrogens (tertiary/aromatic N) is 2. The van der Waals surface area contributed by atoms with E-state index in [2.05, 4.69) is 11.4 Å². The number of hydrogen-bond donors (Lipinski definition) is 3. The standard InChI is InChI=1S/C32H34Cl2N4O3/c1-40-31-21(25(35)11-6-18-39)13-15-27(37-31)22-9-3-7-19(29(22)33)20-8-4-10-23(30(20)34)28-16-14-24(32(38-28)41-2)26-12-5-17-36-26/h3-4,7-10,13-16,25-26,36,39H,5-6,11-12,17-18,35H2,1-2H3/t25?,26-/m0/s1. The molecule has 41 heavy (non-hydrogen) atoms. The molecule has 1 aliphatic heterocycles. The van der Waals surface area contributed by atoms with Crippen molar-refractivity contribution in [2.24, 2.45) is 5.73 Å². The first-order valence-electron chi connectivity index (χ1n) is 13.7. The molecule has 4 N–H and O–H groups in total. The fourth-order valence-electron chi connectivity index (χ4n) is 5.37. The number of halogens is 2. The van der Waals surface area contributed by atoms with Crippen LogP contribution in [0.4, 0.5) is 0 Å². The Morgan fingerprint density at radius 3 is 2.02 bits per heavy atom. The van der Waals surface area contributed by atoms with Crippen molar-refractivity contribution in [2.45, 2.75) is 37.8 Å². The molecule has 0 amide bonds. The Hall–Kier alpha value is -3.20. The average molecular weight is 594 g/mol. The number of hydrogen-bond acceptors (Lipinski definition) is 7. The van der Waals surface area contributed by atoms with E-state index in [4.69, 9.17) is 48.4 Å². The minimum absolute atomic E-state index is 0.0839. The summed E-state index contributed by atoms with van der Waals surface area (Å²) in [6.07, 6.45) is 3.42. The van der Waals surface area contributed by atoms with Gasteiger partial charge in [0, 0.05) is 52.1 Å². The lowest BCUT2D eigenvalue weighted by atomic mass is 9.97. The third kappa shape index (κ3) is 6.05. The van der Waals surface area contributed by atoms with Gasteiger partial charge in [-0.2, -0.15) is 0 Å². The van der Waals surface area contributed by atoms with Crippen molar-refractivity contribution < 1.29 is 14.6 Å². The summed E-state index contributed by atoms with van der Waals surface area (Å²) in [7, 11) is 3.21. The molecule has 214 valence electrons. The molecule has 7 nitrogen and oxygen atoms in total. The predicted octanol–water partition coefficient (Wildman–Crippen LogP) is 7.00. The summed E-state index contributed by atoms with van der Waals surface area (Å²) >= 11 is 14.1. The quantitative estimate of drug-likeness (QED) is 0.182. The Labute approximate surface area is 250 Å². The second-order valence-electron chi connectivity index (χ2n) is 10.0. The first-order valence-corrected chi connectivity index (χ1v) is 14.5. The van der Waals surface area contributed by atoms with Crippen LogP contribution in [0.1, 0.15) is 48.9 Å². The average Bonchev–Trinajstić information content (AvgIpc) is 3.54. The summed E-state index contributed by atoms with van der Waals surface area (Å²) < 4.78 is 11.2. The highest BCUT2D eigenvalue weighted by molar-refractivity contribution is 6.39. The van der Waals surface area contributed by atoms with Crippen LogP contribution in [-0.2, 0) is 0 Å². The van der Waals surface area contributed by atoms with E-state index in [1.54, 1.807) is 14.2 Å². The van der Waals surface area contributed by atoms with Crippen molar-refractivity contribution in [1.82, 2.24) is 15.3 Å². The SMILES string of the molecule is COc1nc(-c2cccc(-c3cccc(-c4ccc([C@@H]5CCCN5)c(OC)n4)c3Cl)c2Cl)ccc1C(N)CCCO. The Balaban J connectivity index is 1.51. The lowest BCUT2D eigenvalue weighted by Crippen LogP contribution is -2.14. The van der Waals surface area contributed by atoms with Gasteiger partial charge < -0.3 is 25.6 Å². The number of rotatable bonds is 10. The Bertz CT molecular complexity index is 1530. The number of ether oxygens (including phenoxy) is 2. The van der Waals surface area contributed by atoms with E-state index in [0.29, 0.717) is 40.3 Å². The first-order chi connectivity index (χ1) is 20.0. The summed E-state index contributed by atoms with van der Waals surface area (Å²) in [5, 5.41) is 13.7. The van der Waals surface area contributed by atoms with Crippen molar-refractivity contribution in [3.05, 3.63) is 81.8 Å². The largest absolute Gasteiger partial charge is 0.481 e. The third-order valence-corrected chi connectivity index (χ3v) is 8.33. The molecule has 0 aliphatic carbocycles. The Morgan fingerprint density at radius 1 is 0.878 bits per heavy atom. The van der Waals surface area contributed by atoms with Gasteiger partial charge in [0.1, 0.15) is 0 Å². The summed E-state index contributed by atoms with van der Waals surface area (Å²) in [5.74, 6) is 1.04. The molecule has 1 aliphatic rings. The Morgan fingerprint density at radius 2 is 1.46 bits per heavy atom. The molecular formula is C32H34Cl2N4O3. The van der Waals surface area contributed by atoms with Crippen molar-refractivity contribution in [3.63, 3.8) is 0 Å². The van der Waals surface area contributed by atoms with Crippen LogP contribution in [0.15, 0.2) is 60.7 Å². The number of pyridine rings is 2. The van der Waals surface area contributed by atoms with Crippen LogP contribution >= 0.6 is 23.2 Å². The van der Waals surface area contributed by atoms with Crippen molar-refractivity contribution >= 4 is 23.2 Å². The van der Waals surface area contributed by atoms with E-state index >= 15 is 0 Å². The fourth-order valence-corrected chi connectivity index (χ4v) is 6.02. The van der Waals surface area contributed by atoms with Crippen molar-refractivity contribution in [1.29, 1.82) is 0 Å². The molecular weight excluding hydrogens is 559 g/mol. The summed E-state index contributed by atoms with van der Waals surface area (Å²) in [6.45, 7) is 1.08. The van der Waals surface area contributed by atoms with Crippen LogP contribution < -0.4 is 20.5 Å². The lowest BCUT2D eigenvalue weighted by Gasteiger charge is -2.17. The van der Waals surface area contributed by atoms with Crippen LogP contribution in [0, 0.1) is 0 Å². The van der Waals surface area contributed by atoms with E-state index in [-0.39, 0.29) is 18.7 Å². The lowest BCUT2D eigenvalue weighted by molar-refractivity contribution is 0.279. The molecule has 9 heteroatoms. The number of aromatic nitrogens is 2. The maximum absolute atomic E-state index is 9.17. The van der Waals surface area contributed by atoms with Crippen molar-refractivity contribution in [3.8, 4) is 45.4 Å². The van der Waals surface area contributed by atoms with Crippen LogP contribution in [-0.4, -0.2) is 42.4 Å². The van der Waals surface area contributed by atoms with Gasteiger partial charge >= 0.3 is 0 Å². The molecule has 1 unspecified atom stereocenters. The first kappa shape index (κ1) is 29.3. The Kier molecular flexibility index (Phi) is 9.42. The van der Waals surface area contributed by atoms with E-state index < -0.39 is 0 Å². The highest BCUT2D eigenvalue weighted by Crippen LogP contribution is 2.43. The van der Waals surface area contributed by atoms with E-state index in [1.807, 2.05) is 54.6 Å². The number of methoxy groups -OCH3 is 2. The molecule has 2 aromatic carbocycles. The molecule has 1 saturated heterocycles. The highest BCUT2D eigenvalue weighted by atomic mass is 35.5. The number of nitrogens with two attached hydrogens (primary N) is 1. The van der Waals surface area contributed by atoms with Gasteiger partial charge in [0.2, 0.25) is 11.8 Å². The van der Waals surface area contributed by atoms with E-state index in [0.717, 1.165) is 58.5 Å². The van der Waals surface area contributed by atoms with Gasteiger partial charge in [0.25, 0.3) is 0 Å². The van der Waals surface area contributed by atoms with Gasteiger partial charge in [0.05, 0.1) is 35.7 Å². The van der Waals surface area contributed by atoms with E-state index in [9.17, 15) is 5.11 Å². The van der Waals surface area contributed by atoms with Gasteiger partial charge in [-0.15, -0.1) is 0 Å². The molecule has 1 fully saturated rings. The minimum Gasteiger partial charge on any atom is -0.481 e. The second-order valence-corrected chi connectivity index (χ2v) is 10.8. The molecule has 3 heterocycles. The zero-order valence-electron chi connectivity index (χ0n) is 23.2. The topological polar surface area (TPSA) is 103 Å². The molecule has 2 atom stereocenters. The fraction of sp³-hybridized carbons (Fsp3) is 0.312. The smallest absolute Gasteiger partial charge is 0.218 e. The van der Waals surface area contributed by atoms with Crippen molar-refractivity contribution in [2.75, 3.05) is 27.4 Å². The van der Waals surface area contributed by atoms with Crippen LogP contribution in [0.25, 0.3) is 33.6 Å². The third-order valence-electron chi connectivity index (χ3n) is 7.51. The molecule has 4 aromatic rings. The molecule has 0 radical (unpaired) electrons. The zero-order valence-corrected chi connectivity index (χ0v) is 24.7. The minimum atomic E-state index is -0.294.